The Bertz CT molecular complexity index is 143. The van der Waals surface area contributed by atoms with Crippen LogP contribution < -0.4 is 0 Å². The minimum absolute atomic E-state index is 0.126. The standard InChI is InChI=1S/C10H20O2/c1-5-6-7-8-10(3,12-4)9(2)11/h5-8H2,1-4H3. The number of hydrogen-bond acceptors (Lipinski definition) is 2. The molecule has 0 rings (SSSR count). The van der Waals surface area contributed by atoms with Crippen LogP contribution in [0.15, 0.2) is 0 Å². The van der Waals surface area contributed by atoms with Gasteiger partial charge >= 0.3 is 0 Å². The molecule has 0 radical (unpaired) electrons. The van der Waals surface area contributed by atoms with E-state index in [2.05, 4.69) is 6.92 Å². The van der Waals surface area contributed by atoms with Gasteiger partial charge in [-0.15, -0.1) is 0 Å². The van der Waals surface area contributed by atoms with Crippen LogP contribution in [-0.4, -0.2) is 18.5 Å². The summed E-state index contributed by atoms with van der Waals surface area (Å²) >= 11 is 0. The van der Waals surface area contributed by atoms with Crippen molar-refractivity contribution in [3.05, 3.63) is 0 Å². The van der Waals surface area contributed by atoms with Crippen LogP contribution in [0, 0.1) is 0 Å². The second-order valence-corrected chi connectivity index (χ2v) is 3.45. The van der Waals surface area contributed by atoms with E-state index >= 15 is 0 Å². The normalized spacial score (nSPS) is 15.7. The number of methoxy groups -OCH3 is 1. The molecule has 0 aromatic rings. The maximum Gasteiger partial charge on any atom is 0.161 e. The van der Waals surface area contributed by atoms with Crippen molar-refractivity contribution in [2.45, 2.75) is 52.1 Å². The first-order valence-corrected chi connectivity index (χ1v) is 4.63. The monoisotopic (exact) mass is 172 g/mol. The summed E-state index contributed by atoms with van der Waals surface area (Å²) in [4.78, 5) is 11.2. The van der Waals surface area contributed by atoms with E-state index in [1.165, 1.54) is 12.8 Å². The van der Waals surface area contributed by atoms with Crippen LogP contribution in [0.5, 0.6) is 0 Å². The smallest absolute Gasteiger partial charge is 0.161 e. The zero-order valence-corrected chi connectivity index (χ0v) is 8.64. The zero-order chi connectivity index (χ0) is 9.61. The predicted molar refractivity (Wildman–Crippen MR) is 50.2 cm³/mol. The van der Waals surface area contributed by atoms with Gasteiger partial charge in [0.25, 0.3) is 0 Å². The number of Topliss-reactive ketones (excluding diaryl/α,β-unsaturated/α-hetero) is 1. The van der Waals surface area contributed by atoms with E-state index in [0.29, 0.717) is 0 Å². The lowest BCUT2D eigenvalue weighted by Crippen LogP contribution is -2.35. The van der Waals surface area contributed by atoms with Gasteiger partial charge in [-0.2, -0.15) is 0 Å². The summed E-state index contributed by atoms with van der Waals surface area (Å²) in [5, 5.41) is 0. The summed E-state index contributed by atoms with van der Waals surface area (Å²) in [6, 6.07) is 0. The molecule has 2 heteroatoms. The Morgan fingerprint density at radius 1 is 1.42 bits per heavy atom. The molecule has 1 unspecified atom stereocenters. The molecule has 0 bridgehead atoms. The van der Waals surface area contributed by atoms with Crippen LogP contribution >= 0.6 is 0 Å². The molecule has 12 heavy (non-hydrogen) atoms. The number of hydrogen-bond donors (Lipinski definition) is 0. The highest BCUT2D eigenvalue weighted by Crippen LogP contribution is 2.19. The maximum atomic E-state index is 11.2. The van der Waals surface area contributed by atoms with E-state index in [1.54, 1.807) is 14.0 Å². The lowest BCUT2D eigenvalue weighted by Gasteiger charge is -2.24. The van der Waals surface area contributed by atoms with Crippen LogP contribution in [0.1, 0.15) is 46.5 Å². The first-order chi connectivity index (χ1) is 5.56. The molecule has 0 saturated heterocycles. The number of ketones is 1. The molecule has 1 atom stereocenters. The molecule has 0 N–H and O–H groups in total. The lowest BCUT2D eigenvalue weighted by atomic mass is 9.94. The molecule has 72 valence electrons. The largest absolute Gasteiger partial charge is 0.371 e. The van der Waals surface area contributed by atoms with Gasteiger partial charge in [0.1, 0.15) is 5.60 Å². The van der Waals surface area contributed by atoms with Crippen molar-refractivity contribution in [2.75, 3.05) is 7.11 Å². The number of ether oxygens (including phenoxy) is 1. The average molecular weight is 172 g/mol. The fourth-order valence-corrected chi connectivity index (χ4v) is 1.13. The minimum Gasteiger partial charge on any atom is -0.371 e. The number of carbonyl (C=O) groups is 1. The zero-order valence-electron chi connectivity index (χ0n) is 8.64. The molecule has 0 aromatic carbocycles. The summed E-state index contributed by atoms with van der Waals surface area (Å²) in [6.07, 6.45) is 4.26. The van der Waals surface area contributed by atoms with E-state index in [9.17, 15) is 4.79 Å². The Kier molecular flexibility index (Phi) is 5.14. The van der Waals surface area contributed by atoms with E-state index in [0.717, 1.165) is 12.8 Å². The van der Waals surface area contributed by atoms with E-state index in [4.69, 9.17) is 4.74 Å². The lowest BCUT2D eigenvalue weighted by molar-refractivity contribution is -0.137. The van der Waals surface area contributed by atoms with Gasteiger partial charge in [0.05, 0.1) is 0 Å². The number of unbranched alkanes of at least 4 members (excludes halogenated alkanes) is 2. The highest BCUT2D eigenvalue weighted by Gasteiger charge is 2.28. The first kappa shape index (κ1) is 11.6. The van der Waals surface area contributed by atoms with Gasteiger partial charge in [0.15, 0.2) is 5.78 Å². The third-order valence-electron chi connectivity index (χ3n) is 2.45. The van der Waals surface area contributed by atoms with Gasteiger partial charge in [-0.3, -0.25) is 4.79 Å². The molecule has 0 aliphatic rings. The van der Waals surface area contributed by atoms with E-state index < -0.39 is 5.60 Å². The summed E-state index contributed by atoms with van der Waals surface area (Å²) in [5.74, 6) is 0.126. The Morgan fingerprint density at radius 3 is 2.33 bits per heavy atom. The second kappa shape index (κ2) is 5.31. The molecule has 0 heterocycles. The van der Waals surface area contributed by atoms with Gasteiger partial charge < -0.3 is 4.74 Å². The predicted octanol–water partition coefficient (Wildman–Crippen LogP) is 2.56. The summed E-state index contributed by atoms with van der Waals surface area (Å²) in [6.45, 7) is 5.61. The van der Waals surface area contributed by atoms with Gasteiger partial charge in [0, 0.05) is 7.11 Å². The topological polar surface area (TPSA) is 26.3 Å². The van der Waals surface area contributed by atoms with Crippen LogP contribution in [0.3, 0.4) is 0 Å². The first-order valence-electron chi connectivity index (χ1n) is 4.63. The van der Waals surface area contributed by atoms with Crippen molar-refractivity contribution in [1.82, 2.24) is 0 Å². The van der Waals surface area contributed by atoms with Crippen LogP contribution in [0.25, 0.3) is 0 Å². The minimum atomic E-state index is -0.546. The highest BCUT2D eigenvalue weighted by molar-refractivity contribution is 5.84. The Morgan fingerprint density at radius 2 is 2.00 bits per heavy atom. The summed E-state index contributed by atoms with van der Waals surface area (Å²) in [5.41, 5.74) is -0.546. The number of rotatable bonds is 6. The van der Waals surface area contributed by atoms with E-state index in [1.807, 2.05) is 6.92 Å². The van der Waals surface area contributed by atoms with Gasteiger partial charge in [-0.05, 0) is 20.3 Å². The third kappa shape index (κ3) is 3.35. The molecule has 0 aliphatic heterocycles. The highest BCUT2D eigenvalue weighted by atomic mass is 16.5. The van der Waals surface area contributed by atoms with Crippen LogP contribution in [-0.2, 0) is 9.53 Å². The number of carbonyl (C=O) groups excluding carboxylic acids is 1. The Hall–Kier alpha value is -0.370. The fourth-order valence-electron chi connectivity index (χ4n) is 1.13. The SMILES string of the molecule is CCCCCC(C)(OC)C(C)=O. The van der Waals surface area contributed by atoms with Gasteiger partial charge in [-0.25, -0.2) is 0 Å². The van der Waals surface area contributed by atoms with Crippen LogP contribution in [0.2, 0.25) is 0 Å². The molecule has 0 amide bonds. The Balaban J connectivity index is 3.88. The van der Waals surface area contributed by atoms with Crippen molar-refractivity contribution in [2.24, 2.45) is 0 Å². The van der Waals surface area contributed by atoms with Gasteiger partial charge in [-0.1, -0.05) is 26.2 Å². The molecular weight excluding hydrogens is 152 g/mol. The van der Waals surface area contributed by atoms with Crippen molar-refractivity contribution >= 4 is 5.78 Å². The molecule has 0 aromatic heterocycles. The van der Waals surface area contributed by atoms with Crippen molar-refractivity contribution in [3.8, 4) is 0 Å². The molecule has 0 saturated carbocycles. The van der Waals surface area contributed by atoms with Crippen LogP contribution in [0.4, 0.5) is 0 Å². The molecule has 0 spiro atoms. The van der Waals surface area contributed by atoms with E-state index in [-0.39, 0.29) is 5.78 Å². The molecule has 0 aliphatic carbocycles. The molecule has 2 nitrogen and oxygen atoms in total. The van der Waals surface area contributed by atoms with Crippen molar-refractivity contribution in [1.29, 1.82) is 0 Å². The maximum absolute atomic E-state index is 11.2. The van der Waals surface area contributed by atoms with Crippen molar-refractivity contribution < 1.29 is 9.53 Å². The quantitative estimate of drug-likeness (QED) is 0.575. The summed E-state index contributed by atoms with van der Waals surface area (Å²) < 4.78 is 5.20. The van der Waals surface area contributed by atoms with Crippen molar-refractivity contribution in [3.63, 3.8) is 0 Å². The second-order valence-electron chi connectivity index (χ2n) is 3.45. The molecule has 0 fully saturated rings. The Labute approximate surface area is 75.3 Å². The average Bonchev–Trinajstić information content (AvgIpc) is 2.04. The third-order valence-corrected chi connectivity index (χ3v) is 2.45. The fraction of sp³-hybridized carbons (Fsp3) is 0.900. The molecular formula is C10H20O2. The summed E-state index contributed by atoms with van der Waals surface area (Å²) in [7, 11) is 1.60. The van der Waals surface area contributed by atoms with Gasteiger partial charge in [0.2, 0.25) is 0 Å².